The summed E-state index contributed by atoms with van der Waals surface area (Å²) in [5, 5.41) is 0.709. The van der Waals surface area contributed by atoms with E-state index in [4.69, 9.17) is 11.6 Å². The third kappa shape index (κ3) is 2.95. The highest BCUT2D eigenvalue weighted by Crippen LogP contribution is 2.35. The number of hydrogen-bond donors (Lipinski definition) is 0. The largest absolute Gasteiger partial charge is 0.294 e. The molecule has 0 saturated carbocycles. The van der Waals surface area contributed by atoms with Crippen molar-refractivity contribution < 1.29 is 4.79 Å². The van der Waals surface area contributed by atoms with Crippen LogP contribution in [0, 0.1) is 0 Å². The van der Waals surface area contributed by atoms with Crippen molar-refractivity contribution in [3.63, 3.8) is 0 Å². The lowest BCUT2D eigenvalue weighted by atomic mass is 10.1. The molecule has 1 nitrogen and oxygen atoms in total. The minimum Gasteiger partial charge on any atom is -0.294 e. The summed E-state index contributed by atoms with van der Waals surface area (Å²) in [6.45, 7) is 1.87. The Balaban J connectivity index is 2.35. The SMILES string of the molecule is CCC(=O)c1ccccc1Sc1ccccc1Cl. The standard InChI is InChI=1S/C15H13ClOS/c1-2-13(17)11-7-3-5-9-14(11)18-15-10-6-4-8-12(15)16/h3-10H,2H2,1H3. The van der Waals surface area contributed by atoms with E-state index >= 15 is 0 Å². The van der Waals surface area contributed by atoms with Crippen molar-refractivity contribution in [2.24, 2.45) is 0 Å². The Kier molecular flexibility index (Phi) is 4.45. The second-order valence-electron chi connectivity index (χ2n) is 3.81. The average molecular weight is 277 g/mol. The number of ketones is 1. The summed E-state index contributed by atoms with van der Waals surface area (Å²) in [6, 6.07) is 15.3. The first-order valence-corrected chi connectivity index (χ1v) is 6.96. The van der Waals surface area contributed by atoms with Crippen molar-refractivity contribution in [3.8, 4) is 0 Å². The van der Waals surface area contributed by atoms with Crippen LogP contribution >= 0.6 is 23.4 Å². The van der Waals surface area contributed by atoms with Gasteiger partial charge >= 0.3 is 0 Å². The van der Waals surface area contributed by atoms with Crippen molar-refractivity contribution in [1.29, 1.82) is 0 Å². The van der Waals surface area contributed by atoms with Crippen molar-refractivity contribution in [3.05, 3.63) is 59.1 Å². The minimum absolute atomic E-state index is 0.158. The molecule has 0 radical (unpaired) electrons. The smallest absolute Gasteiger partial charge is 0.163 e. The Labute approximate surface area is 116 Å². The van der Waals surface area contributed by atoms with Crippen LogP contribution in [0.25, 0.3) is 0 Å². The van der Waals surface area contributed by atoms with Gasteiger partial charge in [-0.15, -0.1) is 0 Å². The molecule has 0 spiro atoms. The molecule has 2 aromatic carbocycles. The molecule has 0 amide bonds. The van der Waals surface area contributed by atoms with Crippen LogP contribution in [0.15, 0.2) is 58.3 Å². The van der Waals surface area contributed by atoms with Gasteiger partial charge in [0.1, 0.15) is 0 Å². The van der Waals surface area contributed by atoms with E-state index in [-0.39, 0.29) is 5.78 Å². The van der Waals surface area contributed by atoms with Gasteiger partial charge in [-0.1, -0.05) is 60.6 Å². The van der Waals surface area contributed by atoms with Crippen molar-refractivity contribution in [1.82, 2.24) is 0 Å². The molecule has 0 aromatic heterocycles. The number of benzene rings is 2. The molecule has 18 heavy (non-hydrogen) atoms. The highest BCUT2D eigenvalue weighted by atomic mass is 35.5. The van der Waals surface area contributed by atoms with E-state index in [9.17, 15) is 4.79 Å². The van der Waals surface area contributed by atoms with E-state index < -0.39 is 0 Å². The Morgan fingerprint density at radius 1 is 1.06 bits per heavy atom. The van der Waals surface area contributed by atoms with Gasteiger partial charge in [0, 0.05) is 21.8 Å². The monoisotopic (exact) mass is 276 g/mol. The molecule has 0 N–H and O–H groups in total. The van der Waals surface area contributed by atoms with E-state index in [0.29, 0.717) is 11.4 Å². The van der Waals surface area contributed by atoms with Crippen LogP contribution in [0.1, 0.15) is 23.7 Å². The number of rotatable bonds is 4. The Morgan fingerprint density at radius 3 is 2.33 bits per heavy atom. The van der Waals surface area contributed by atoms with E-state index in [1.165, 1.54) is 11.8 Å². The molecule has 2 rings (SSSR count). The first kappa shape index (κ1) is 13.2. The third-order valence-corrected chi connectivity index (χ3v) is 4.16. The molecular formula is C15H13ClOS. The lowest BCUT2D eigenvalue weighted by molar-refractivity contribution is 0.0985. The van der Waals surface area contributed by atoms with E-state index in [0.717, 1.165) is 15.4 Å². The van der Waals surface area contributed by atoms with E-state index in [1.807, 2.05) is 55.5 Å². The fourth-order valence-corrected chi connectivity index (χ4v) is 2.86. The van der Waals surface area contributed by atoms with Crippen molar-refractivity contribution >= 4 is 29.1 Å². The van der Waals surface area contributed by atoms with Crippen LogP contribution in [0.4, 0.5) is 0 Å². The van der Waals surface area contributed by atoms with Crippen LogP contribution < -0.4 is 0 Å². The van der Waals surface area contributed by atoms with Gasteiger partial charge in [-0.25, -0.2) is 0 Å². The summed E-state index contributed by atoms with van der Waals surface area (Å²) in [6.07, 6.45) is 0.514. The maximum atomic E-state index is 11.9. The molecular weight excluding hydrogens is 264 g/mol. The van der Waals surface area contributed by atoms with E-state index in [2.05, 4.69) is 0 Å². The fraction of sp³-hybridized carbons (Fsp3) is 0.133. The minimum atomic E-state index is 0.158. The van der Waals surface area contributed by atoms with Gasteiger partial charge in [0.15, 0.2) is 5.78 Å². The average Bonchev–Trinajstić information content (AvgIpc) is 2.41. The molecule has 92 valence electrons. The van der Waals surface area contributed by atoms with Crippen molar-refractivity contribution in [2.45, 2.75) is 23.1 Å². The predicted octanol–water partition coefficient (Wildman–Crippen LogP) is 5.08. The zero-order chi connectivity index (χ0) is 13.0. The Hall–Kier alpha value is -1.25. The summed E-state index contributed by atoms with van der Waals surface area (Å²) in [5.41, 5.74) is 0.768. The highest BCUT2D eigenvalue weighted by molar-refractivity contribution is 7.99. The third-order valence-electron chi connectivity index (χ3n) is 2.57. The maximum Gasteiger partial charge on any atom is 0.163 e. The molecule has 0 aliphatic carbocycles. The summed E-state index contributed by atoms with van der Waals surface area (Å²) in [7, 11) is 0. The molecule has 0 fully saturated rings. The summed E-state index contributed by atoms with van der Waals surface area (Å²) in [4.78, 5) is 13.8. The normalized spacial score (nSPS) is 10.3. The molecule has 0 atom stereocenters. The zero-order valence-corrected chi connectivity index (χ0v) is 11.6. The van der Waals surface area contributed by atoms with Gasteiger partial charge in [-0.3, -0.25) is 4.79 Å². The summed E-state index contributed by atoms with van der Waals surface area (Å²) >= 11 is 7.67. The second kappa shape index (κ2) is 6.07. The maximum absolute atomic E-state index is 11.9. The van der Waals surface area contributed by atoms with Crippen molar-refractivity contribution in [2.75, 3.05) is 0 Å². The van der Waals surface area contributed by atoms with Gasteiger partial charge < -0.3 is 0 Å². The summed E-state index contributed by atoms with van der Waals surface area (Å²) in [5.74, 6) is 0.158. The molecule has 0 aliphatic heterocycles. The van der Waals surface area contributed by atoms with Gasteiger partial charge in [-0.2, -0.15) is 0 Å². The quantitative estimate of drug-likeness (QED) is 0.724. The van der Waals surface area contributed by atoms with Gasteiger partial charge in [0.25, 0.3) is 0 Å². The van der Waals surface area contributed by atoms with Gasteiger partial charge in [-0.05, 0) is 18.2 Å². The molecule has 0 heterocycles. The van der Waals surface area contributed by atoms with Crippen LogP contribution in [0.3, 0.4) is 0 Å². The number of carbonyl (C=O) groups excluding carboxylic acids is 1. The highest BCUT2D eigenvalue weighted by Gasteiger charge is 2.11. The molecule has 3 heteroatoms. The molecule has 0 bridgehead atoms. The van der Waals surface area contributed by atoms with E-state index in [1.54, 1.807) is 0 Å². The van der Waals surface area contributed by atoms with Crippen LogP contribution in [0.2, 0.25) is 5.02 Å². The molecule has 0 saturated heterocycles. The van der Waals surface area contributed by atoms with Gasteiger partial charge in [0.2, 0.25) is 0 Å². The zero-order valence-electron chi connectivity index (χ0n) is 10.0. The lowest BCUT2D eigenvalue weighted by Gasteiger charge is -2.08. The first-order chi connectivity index (χ1) is 8.72. The first-order valence-electron chi connectivity index (χ1n) is 5.77. The van der Waals surface area contributed by atoms with Crippen LogP contribution in [-0.4, -0.2) is 5.78 Å². The van der Waals surface area contributed by atoms with Crippen LogP contribution in [-0.2, 0) is 0 Å². The lowest BCUT2D eigenvalue weighted by Crippen LogP contribution is -1.98. The van der Waals surface area contributed by atoms with Crippen LogP contribution in [0.5, 0.6) is 0 Å². The Bertz CT molecular complexity index is 566. The number of Topliss-reactive ketones (excluding diaryl/α,β-unsaturated/α-hetero) is 1. The topological polar surface area (TPSA) is 17.1 Å². The summed E-state index contributed by atoms with van der Waals surface area (Å²) < 4.78 is 0. The number of halogens is 1. The fourth-order valence-electron chi connectivity index (χ4n) is 1.62. The second-order valence-corrected chi connectivity index (χ2v) is 5.30. The predicted molar refractivity (Wildman–Crippen MR) is 76.6 cm³/mol. The number of hydrogen-bond acceptors (Lipinski definition) is 2. The molecule has 0 aliphatic rings. The Morgan fingerprint density at radius 2 is 1.67 bits per heavy atom. The molecule has 2 aromatic rings. The number of carbonyl (C=O) groups is 1. The van der Waals surface area contributed by atoms with Gasteiger partial charge in [0.05, 0.1) is 5.02 Å². The molecule has 0 unspecified atom stereocenters.